The monoisotopic (exact) mass is 319 g/mol. The van der Waals surface area contributed by atoms with E-state index in [1.54, 1.807) is 0 Å². The number of rotatable bonds is 5. The maximum Gasteiger partial charge on any atom is 0.174 e. The smallest absolute Gasteiger partial charge is 0.174 e. The molecule has 1 saturated heterocycles. The molecule has 2 aromatic rings. The number of carbonyl (C=O) groups excluding carboxylic acids is 1. The first-order valence-corrected chi connectivity index (χ1v) is 8.39. The van der Waals surface area contributed by atoms with Gasteiger partial charge in [-0.25, -0.2) is 0 Å². The molecule has 118 valence electrons. The fraction of sp³-hybridized carbons (Fsp3) is 0.500. The van der Waals surface area contributed by atoms with Crippen molar-refractivity contribution in [2.24, 2.45) is 7.05 Å². The third kappa shape index (κ3) is 3.29. The van der Waals surface area contributed by atoms with Crippen molar-refractivity contribution in [3.05, 3.63) is 39.8 Å². The highest BCUT2D eigenvalue weighted by molar-refractivity contribution is 7.12. The summed E-state index contributed by atoms with van der Waals surface area (Å²) in [5, 5.41) is 6.25. The number of hydrogen-bond donors (Lipinski definition) is 0. The lowest BCUT2D eigenvalue weighted by molar-refractivity contribution is -0.0126. The summed E-state index contributed by atoms with van der Waals surface area (Å²) in [6, 6.07) is 3.96. The van der Waals surface area contributed by atoms with E-state index in [4.69, 9.17) is 4.74 Å². The Balaban J connectivity index is 1.68. The highest BCUT2D eigenvalue weighted by Gasteiger charge is 2.26. The van der Waals surface area contributed by atoms with E-state index in [2.05, 4.69) is 16.9 Å². The van der Waals surface area contributed by atoms with Gasteiger partial charge in [0.25, 0.3) is 0 Å². The molecule has 1 atom stereocenters. The molecule has 22 heavy (non-hydrogen) atoms. The molecule has 0 saturated carbocycles. The molecule has 0 amide bonds. The molecule has 1 unspecified atom stereocenters. The Labute approximate surface area is 134 Å². The standard InChI is InChI=1S/C16H21N3O2S/c1-12-13(9-17-18(12)2)10-19-5-6-21-11-14(19)8-15(20)16-4-3-7-22-16/h3-4,7,9,14H,5-6,8,10-11H2,1-2H3. The Morgan fingerprint density at radius 3 is 3.09 bits per heavy atom. The van der Waals surface area contributed by atoms with Gasteiger partial charge in [0.1, 0.15) is 0 Å². The highest BCUT2D eigenvalue weighted by atomic mass is 32.1. The zero-order valence-electron chi connectivity index (χ0n) is 13.0. The van der Waals surface area contributed by atoms with Crippen LogP contribution in [0.2, 0.25) is 0 Å². The normalized spacial score (nSPS) is 19.5. The summed E-state index contributed by atoms with van der Waals surface area (Å²) in [7, 11) is 1.95. The van der Waals surface area contributed by atoms with E-state index >= 15 is 0 Å². The van der Waals surface area contributed by atoms with Gasteiger partial charge in [-0.05, 0) is 18.4 Å². The molecule has 6 heteroatoms. The Bertz CT molecular complexity index is 636. The molecule has 5 nitrogen and oxygen atoms in total. The lowest BCUT2D eigenvalue weighted by Gasteiger charge is -2.35. The van der Waals surface area contributed by atoms with E-state index in [1.165, 1.54) is 22.6 Å². The lowest BCUT2D eigenvalue weighted by Crippen LogP contribution is -2.45. The third-order valence-corrected chi connectivity index (χ3v) is 5.19. The zero-order valence-corrected chi connectivity index (χ0v) is 13.8. The first kappa shape index (κ1) is 15.4. The number of morpholine rings is 1. The van der Waals surface area contributed by atoms with Crippen molar-refractivity contribution < 1.29 is 9.53 Å². The van der Waals surface area contributed by atoms with Gasteiger partial charge in [0, 0.05) is 43.9 Å². The summed E-state index contributed by atoms with van der Waals surface area (Å²) < 4.78 is 7.48. The van der Waals surface area contributed by atoms with Crippen molar-refractivity contribution in [3.63, 3.8) is 0 Å². The Morgan fingerprint density at radius 2 is 2.41 bits per heavy atom. The van der Waals surface area contributed by atoms with Crippen molar-refractivity contribution in [1.29, 1.82) is 0 Å². The van der Waals surface area contributed by atoms with Crippen LogP contribution in [-0.4, -0.2) is 46.3 Å². The van der Waals surface area contributed by atoms with Crippen molar-refractivity contribution >= 4 is 17.1 Å². The number of aryl methyl sites for hydroxylation is 1. The number of thiophene rings is 1. The molecule has 2 aromatic heterocycles. The second-order valence-electron chi connectivity index (χ2n) is 5.68. The van der Waals surface area contributed by atoms with Crippen molar-refractivity contribution in [1.82, 2.24) is 14.7 Å². The molecule has 0 N–H and O–H groups in total. The van der Waals surface area contributed by atoms with Gasteiger partial charge in [-0.15, -0.1) is 11.3 Å². The van der Waals surface area contributed by atoms with E-state index in [0.29, 0.717) is 13.0 Å². The Kier molecular flexibility index (Phi) is 4.71. The van der Waals surface area contributed by atoms with Gasteiger partial charge in [0.2, 0.25) is 0 Å². The number of nitrogens with zero attached hydrogens (tertiary/aromatic N) is 3. The maximum atomic E-state index is 12.4. The maximum absolute atomic E-state index is 12.4. The van der Waals surface area contributed by atoms with Crippen LogP contribution in [0.25, 0.3) is 0 Å². The number of Topliss-reactive ketones (excluding diaryl/α,β-unsaturated/α-hetero) is 1. The molecule has 1 aliphatic heterocycles. The van der Waals surface area contributed by atoms with Gasteiger partial charge >= 0.3 is 0 Å². The molecule has 0 aliphatic carbocycles. The summed E-state index contributed by atoms with van der Waals surface area (Å²) in [4.78, 5) is 15.5. The van der Waals surface area contributed by atoms with Crippen LogP contribution in [0.15, 0.2) is 23.7 Å². The van der Waals surface area contributed by atoms with E-state index in [-0.39, 0.29) is 11.8 Å². The van der Waals surface area contributed by atoms with Crippen LogP contribution in [0.1, 0.15) is 27.3 Å². The van der Waals surface area contributed by atoms with Crippen LogP contribution in [0.3, 0.4) is 0 Å². The SMILES string of the molecule is Cc1c(CN2CCOCC2CC(=O)c2cccs2)cnn1C. The molecule has 0 spiro atoms. The minimum absolute atomic E-state index is 0.142. The van der Waals surface area contributed by atoms with Crippen LogP contribution < -0.4 is 0 Å². The molecule has 0 radical (unpaired) electrons. The number of ether oxygens (including phenoxy) is 1. The van der Waals surface area contributed by atoms with Crippen molar-refractivity contribution in [2.45, 2.75) is 25.9 Å². The molecule has 0 bridgehead atoms. The predicted octanol–water partition coefficient (Wildman–Crippen LogP) is 2.26. The van der Waals surface area contributed by atoms with Crippen LogP contribution in [0, 0.1) is 6.92 Å². The molecular weight excluding hydrogens is 298 g/mol. The third-order valence-electron chi connectivity index (χ3n) is 4.28. The minimum atomic E-state index is 0.142. The fourth-order valence-corrected chi connectivity index (χ4v) is 3.43. The molecule has 1 aliphatic rings. The number of carbonyl (C=O) groups is 1. The van der Waals surface area contributed by atoms with Crippen LogP contribution in [0.4, 0.5) is 0 Å². The summed E-state index contributed by atoms with van der Waals surface area (Å²) in [6.45, 7) is 5.11. The topological polar surface area (TPSA) is 47.4 Å². The lowest BCUT2D eigenvalue weighted by atomic mass is 10.1. The van der Waals surface area contributed by atoms with Gasteiger partial charge in [0.15, 0.2) is 5.78 Å². The molecular formula is C16H21N3O2S. The fourth-order valence-electron chi connectivity index (χ4n) is 2.76. The van der Waals surface area contributed by atoms with Gasteiger partial charge in [-0.2, -0.15) is 5.10 Å². The first-order valence-electron chi connectivity index (χ1n) is 7.51. The molecule has 0 aromatic carbocycles. The zero-order chi connectivity index (χ0) is 15.5. The summed E-state index contributed by atoms with van der Waals surface area (Å²) in [5.41, 5.74) is 2.40. The van der Waals surface area contributed by atoms with E-state index in [9.17, 15) is 4.79 Å². The Hall–Kier alpha value is -1.50. The molecule has 3 rings (SSSR count). The average Bonchev–Trinajstić information content (AvgIpc) is 3.15. The molecule has 1 fully saturated rings. The van der Waals surface area contributed by atoms with Crippen LogP contribution >= 0.6 is 11.3 Å². The predicted molar refractivity (Wildman–Crippen MR) is 86.2 cm³/mol. The van der Waals surface area contributed by atoms with Gasteiger partial charge in [0.05, 0.1) is 24.3 Å². The number of ketones is 1. The highest BCUT2D eigenvalue weighted by Crippen LogP contribution is 2.20. The van der Waals surface area contributed by atoms with Gasteiger partial charge in [-0.3, -0.25) is 14.4 Å². The van der Waals surface area contributed by atoms with Crippen LogP contribution in [0.5, 0.6) is 0 Å². The average molecular weight is 319 g/mol. The van der Waals surface area contributed by atoms with E-state index in [1.807, 2.05) is 35.4 Å². The molecule has 3 heterocycles. The van der Waals surface area contributed by atoms with Gasteiger partial charge in [-0.1, -0.05) is 6.07 Å². The van der Waals surface area contributed by atoms with E-state index in [0.717, 1.165) is 24.6 Å². The number of aromatic nitrogens is 2. The van der Waals surface area contributed by atoms with Crippen molar-refractivity contribution in [2.75, 3.05) is 19.8 Å². The summed E-state index contributed by atoms with van der Waals surface area (Å²) >= 11 is 1.51. The van der Waals surface area contributed by atoms with E-state index < -0.39 is 0 Å². The van der Waals surface area contributed by atoms with Crippen LogP contribution in [-0.2, 0) is 18.3 Å². The number of hydrogen-bond acceptors (Lipinski definition) is 5. The summed E-state index contributed by atoms with van der Waals surface area (Å²) in [5.74, 6) is 0.207. The largest absolute Gasteiger partial charge is 0.378 e. The Morgan fingerprint density at radius 1 is 1.55 bits per heavy atom. The second kappa shape index (κ2) is 6.73. The second-order valence-corrected chi connectivity index (χ2v) is 6.63. The quantitative estimate of drug-likeness (QED) is 0.793. The first-order chi connectivity index (χ1) is 10.6. The summed E-state index contributed by atoms with van der Waals surface area (Å²) in [6.07, 6.45) is 2.43. The minimum Gasteiger partial charge on any atom is -0.378 e. The van der Waals surface area contributed by atoms with Gasteiger partial charge < -0.3 is 4.74 Å². The van der Waals surface area contributed by atoms with Crippen molar-refractivity contribution in [3.8, 4) is 0 Å².